The lowest BCUT2D eigenvalue weighted by molar-refractivity contribution is 0.127. The van der Waals surface area contributed by atoms with Crippen LogP contribution in [0.15, 0.2) is 29.3 Å². The highest BCUT2D eigenvalue weighted by Gasteiger charge is 2.34. The zero-order valence-corrected chi connectivity index (χ0v) is 13.7. The first-order valence-corrected chi connectivity index (χ1v) is 8.16. The molecule has 0 spiro atoms. The van der Waals surface area contributed by atoms with Crippen molar-refractivity contribution >= 4 is 5.96 Å². The van der Waals surface area contributed by atoms with Crippen LogP contribution >= 0.6 is 0 Å². The normalized spacial score (nSPS) is 21.4. The molecule has 6 nitrogen and oxygen atoms in total. The number of nitrogens with one attached hydrogen (secondary N) is 2. The van der Waals surface area contributed by atoms with E-state index in [-0.39, 0.29) is 17.8 Å². The zero-order valence-electron chi connectivity index (χ0n) is 13.7. The largest absolute Gasteiger partial charge is 0.508 e. The molecule has 1 aromatic rings. The highest BCUT2D eigenvalue weighted by molar-refractivity contribution is 5.79. The highest BCUT2D eigenvalue weighted by atomic mass is 16.5. The van der Waals surface area contributed by atoms with Gasteiger partial charge in [0.25, 0.3) is 0 Å². The molecule has 1 aliphatic rings. The van der Waals surface area contributed by atoms with Crippen molar-refractivity contribution in [1.82, 2.24) is 10.6 Å². The van der Waals surface area contributed by atoms with E-state index in [1.54, 1.807) is 12.1 Å². The molecule has 0 aliphatic carbocycles. The second-order valence-corrected chi connectivity index (χ2v) is 5.99. The van der Waals surface area contributed by atoms with Gasteiger partial charge in [0.1, 0.15) is 5.75 Å². The topological polar surface area (TPSA) is 86.1 Å². The Morgan fingerprint density at radius 1 is 1.30 bits per heavy atom. The third-order valence-electron chi connectivity index (χ3n) is 4.16. The van der Waals surface area contributed by atoms with Crippen LogP contribution in [0.25, 0.3) is 0 Å². The van der Waals surface area contributed by atoms with Crippen LogP contribution in [-0.4, -0.2) is 49.1 Å². The molecular weight excluding hydrogens is 294 g/mol. The Morgan fingerprint density at radius 2 is 2.09 bits per heavy atom. The predicted octanol–water partition coefficient (Wildman–Crippen LogP) is 1.24. The van der Waals surface area contributed by atoms with Crippen LogP contribution in [0, 0.1) is 5.41 Å². The Bertz CT molecular complexity index is 496. The Hall–Kier alpha value is -1.79. The Balaban J connectivity index is 1.94. The molecule has 1 heterocycles. The minimum absolute atomic E-state index is 0.0104. The summed E-state index contributed by atoms with van der Waals surface area (Å²) in [7, 11) is 0. The summed E-state index contributed by atoms with van der Waals surface area (Å²) in [5.74, 6) is 1.01. The average molecular weight is 321 g/mol. The number of nitrogens with zero attached hydrogens (tertiary/aromatic N) is 1. The van der Waals surface area contributed by atoms with Crippen molar-refractivity contribution in [1.29, 1.82) is 0 Å². The van der Waals surface area contributed by atoms with Crippen molar-refractivity contribution < 1.29 is 14.9 Å². The fourth-order valence-corrected chi connectivity index (χ4v) is 2.70. The van der Waals surface area contributed by atoms with Crippen LogP contribution in [0.4, 0.5) is 0 Å². The summed E-state index contributed by atoms with van der Waals surface area (Å²) in [5.41, 5.74) is 1.03. The number of aliphatic imine (C=N–C) groups is 1. The Kier molecular flexibility index (Phi) is 6.67. The number of guanidine groups is 1. The molecule has 1 unspecified atom stereocenters. The van der Waals surface area contributed by atoms with Gasteiger partial charge < -0.3 is 25.6 Å². The summed E-state index contributed by atoms with van der Waals surface area (Å²) >= 11 is 0. The van der Waals surface area contributed by atoms with Crippen LogP contribution in [0.5, 0.6) is 5.75 Å². The highest BCUT2D eigenvalue weighted by Crippen LogP contribution is 2.31. The molecule has 1 aliphatic heterocycles. The van der Waals surface area contributed by atoms with Crippen molar-refractivity contribution in [2.24, 2.45) is 10.4 Å². The van der Waals surface area contributed by atoms with Gasteiger partial charge in [-0.1, -0.05) is 12.1 Å². The van der Waals surface area contributed by atoms with E-state index < -0.39 is 0 Å². The summed E-state index contributed by atoms with van der Waals surface area (Å²) in [6.45, 7) is 5.69. The Morgan fingerprint density at radius 3 is 2.70 bits per heavy atom. The minimum Gasteiger partial charge on any atom is -0.508 e. The van der Waals surface area contributed by atoms with Crippen molar-refractivity contribution in [3.8, 4) is 5.75 Å². The Labute approximate surface area is 137 Å². The van der Waals surface area contributed by atoms with E-state index in [9.17, 15) is 10.2 Å². The lowest BCUT2D eigenvalue weighted by atomic mass is 9.84. The molecule has 0 amide bonds. The van der Waals surface area contributed by atoms with Gasteiger partial charge in [0.2, 0.25) is 0 Å². The molecule has 1 aromatic carbocycles. The summed E-state index contributed by atoms with van der Waals surface area (Å²) in [6.07, 6.45) is 1.69. The molecule has 1 saturated heterocycles. The van der Waals surface area contributed by atoms with E-state index >= 15 is 0 Å². The first-order valence-electron chi connectivity index (χ1n) is 8.16. The molecule has 0 radical (unpaired) electrons. The first-order chi connectivity index (χ1) is 11.2. The summed E-state index contributed by atoms with van der Waals surface area (Å²) < 4.78 is 5.51. The summed E-state index contributed by atoms with van der Waals surface area (Å²) in [4.78, 5) is 4.58. The molecule has 4 N–H and O–H groups in total. The standard InChI is InChI=1S/C17H27N3O3/c1-2-18-16(19-11-14-3-5-15(22)6-4-14)20-12-17(7-9-21)8-10-23-13-17/h3-6,21-22H,2,7-13H2,1H3,(H2,18,19,20). The van der Waals surface area contributed by atoms with Crippen LogP contribution in [0.3, 0.4) is 0 Å². The molecule has 23 heavy (non-hydrogen) atoms. The lowest BCUT2D eigenvalue weighted by Gasteiger charge is -2.27. The maximum Gasteiger partial charge on any atom is 0.191 e. The van der Waals surface area contributed by atoms with Crippen molar-refractivity contribution in [2.45, 2.75) is 26.3 Å². The van der Waals surface area contributed by atoms with E-state index in [4.69, 9.17) is 4.74 Å². The van der Waals surface area contributed by atoms with Gasteiger partial charge in [-0.15, -0.1) is 0 Å². The van der Waals surface area contributed by atoms with Crippen LogP contribution in [0.2, 0.25) is 0 Å². The number of ether oxygens (including phenoxy) is 1. The predicted molar refractivity (Wildman–Crippen MR) is 90.5 cm³/mol. The van der Waals surface area contributed by atoms with Gasteiger partial charge in [-0.25, -0.2) is 4.99 Å². The average Bonchev–Trinajstić information content (AvgIpc) is 3.01. The maximum atomic E-state index is 9.31. The van der Waals surface area contributed by atoms with Crippen molar-refractivity contribution in [3.63, 3.8) is 0 Å². The number of phenolic OH excluding ortho intramolecular Hbond substituents is 1. The minimum atomic E-state index is -0.0104. The quantitative estimate of drug-likeness (QED) is 0.448. The maximum absolute atomic E-state index is 9.31. The van der Waals surface area contributed by atoms with Crippen molar-refractivity contribution in [2.75, 3.05) is 32.9 Å². The number of aromatic hydroxyl groups is 1. The summed E-state index contributed by atoms with van der Waals surface area (Å²) in [5, 5.41) is 25.2. The third-order valence-corrected chi connectivity index (χ3v) is 4.16. The van der Waals surface area contributed by atoms with Gasteiger partial charge >= 0.3 is 0 Å². The number of hydrogen-bond donors (Lipinski definition) is 4. The fraction of sp³-hybridized carbons (Fsp3) is 0.588. The first kappa shape index (κ1) is 17.6. The van der Waals surface area contributed by atoms with Gasteiger partial charge in [0.05, 0.1) is 13.2 Å². The second-order valence-electron chi connectivity index (χ2n) is 5.99. The number of aliphatic hydroxyl groups is 1. The van der Waals surface area contributed by atoms with Gasteiger partial charge in [0.15, 0.2) is 5.96 Å². The molecule has 1 atom stereocenters. The number of hydrogen-bond acceptors (Lipinski definition) is 4. The lowest BCUT2D eigenvalue weighted by Crippen LogP contribution is -2.44. The monoisotopic (exact) mass is 321 g/mol. The molecular formula is C17H27N3O3. The van der Waals surface area contributed by atoms with E-state index in [0.29, 0.717) is 13.2 Å². The van der Waals surface area contributed by atoms with Crippen molar-refractivity contribution in [3.05, 3.63) is 29.8 Å². The molecule has 2 rings (SSSR count). The number of rotatable bonds is 7. The van der Waals surface area contributed by atoms with E-state index in [1.165, 1.54) is 0 Å². The van der Waals surface area contributed by atoms with Crippen LogP contribution in [0.1, 0.15) is 25.3 Å². The number of aliphatic hydroxyl groups excluding tert-OH is 1. The number of benzene rings is 1. The molecule has 0 saturated carbocycles. The fourth-order valence-electron chi connectivity index (χ4n) is 2.70. The summed E-state index contributed by atoms with van der Waals surface area (Å²) in [6, 6.07) is 7.05. The van der Waals surface area contributed by atoms with Gasteiger partial charge in [-0.05, 0) is 37.5 Å². The SMILES string of the molecule is CCNC(=NCc1ccc(O)cc1)NCC1(CCO)CCOC1. The van der Waals surface area contributed by atoms with Crippen LogP contribution in [-0.2, 0) is 11.3 Å². The second kappa shape index (κ2) is 8.74. The molecule has 128 valence electrons. The van der Waals surface area contributed by atoms with Gasteiger partial charge in [-0.3, -0.25) is 0 Å². The van der Waals surface area contributed by atoms with E-state index in [1.807, 2.05) is 19.1 Å². The molecule has 0 aromatic heterocycles. The van der Waals surface area contributed by atoms with E-state index in [2.05, 4.69) is 15.6 Å². The molecule has 1 fully saturated rings. The molecule has 0 bridgehead atoms. The van der Waals surface area contributed by atoms with Gasteiger partial charge in [0, 0.05) is 31.7 Å². The molecule has 6 heteroatoms. The number of phenols is 1. The van der Waals surface area contributed by atoms with E-state index in [0.717, 1.165) is 44.1 Å². The van der Waals surface area contributed by atoms with Crippen LogP contribution < -0.4 is 10.6 Å². The smallest absolute Gasteiger partial charge is 0.191 e. The third kappa shape index (κ3) is 5.41. The van der Waals surface area contributed by atoms with Gasteiger partial charge in [-0.2, -0.15) is 0 Å². The zero-order chi connectivity index (χ0) is 16.5.